The van der Waals surface area contributed by atoms with Crippen molar-refractivity contribution in [3.05, 3.63) is 22.4 Å². The Hall–Kier alpha value is -1.48. The normalized spacial score (nSPS) is 17.8. The van der Waals surface area contributed by atoms with E-state index in [0.717, 1.165) is 52.4 Å². The predicted molar refractivity (Wildman–Crippen MR) is 119 cm³/mol. The van der Waals surface area contributed by atoms with Gasteiger partial charge in [-0.3, -0.25) is 14.5 Å². The van der Waals surface area contributed by atoms with Crippen LogP contribution in [0.3, 0.4) is 0 Å². The van der Waals surface area contributed by atoms with Gasteiger partial charge in [-0.2, -0.15) is 0 Å². The molecule has 0 spiro atoms. The molecule has 29 heavy (non-hydrogen) atoms. The monoisotopic (exact) mass is 423 g/mol. The Bertz CT molecular complexity index is 613. The molecule has 0 bridgehead atoms. The van der Waals surface area contributed by atoms with E-state index in [0.29, 0.717) is 6.54 Å². The average Bonchev–Trinajstić information content (AvgIpc) is 3.26. The zero-order valence-corrected chi connectivity index (χ0v) is 19.1. The van der Waals surface area contributed by atoms with Crippen molar-refractivity contribution >= 4 is 23.2 Å². The number of rotatable bonds is 10. The number of hydrogen-bond acceptors (Lipinski definition) is 6. The van der Waals surface area contributed by atoms with E-state index in [4.69, 9.17) is 0 Å². The Labute approximate surface area is 179 Å². The minimum atomic E-state index is -0.551. The molecule has 2 N–H and O–H groups in total. The van der Waals surface area contributed by atoms with Crippen LogP contribution in [0.5, 0.6) is 0 Å². The van der Waals surface area contributed by atoms with Crippen LogP contribution in [0.1, 0.15) is 38.6 Å². The first kappa shape index (κ1) is 23.8. The van der Waals surface area contributed by atoms with Gasteiger partial charge in [0.2, 0.25) is 0 Å². The number of thiophene rings is 1. The van der Waals surface area contributed by atoms with E-state index in [9.17, 15) is 9.59 Å². The Morgan fingerprint density at radius 2 is 1.83 bits per heavy atom. The quantitative estimate of drug-likeness (QED) is 0.557. The highest BCUT2D eigenvalue weighted by Crippen LogP contribution is 2.29. The van der Waals surface area contributed by atoms with Crippen LogP contribution >= 0.6 is 11.3 Å². The van der Waals surface area contributed by atoms with Gasteiger partial charge in [-0.1, -0.05) is 26.8 Å². The van der Waals surface area contributed by atoms with Gasteiger partial charge in [-0.25, -0.2) is 0 Å². The van der Waals surface area contributed by atoms with Crippen molar-refractivity contribution in [2.24, 2.45) is 0 Å². The first-order chi connectivity index (χ1) is 14.0. The molecule has 0 aliphatic carbocycles. The molecule has 0 unspecified atom stereocenters. The summed E-state index contributed by atoms with van der Waals surface area (Å²) < 4.78 is 0. The smallest absolute Gasteiger partial charge is 0.309 e. The molecule has 1 aromatic rings. The number of nitrogens with one attached hydrogen (secondary N) is 2. The fraction of sp³-hybridized carbons (Fsp3) is 0.714. The van der Waals surface area contributed by atoms with Gasteiger partial charge < -0.3 is 20.4 Å². The molecule has 1 aliphatic heterocycles. The maximum atomic E-state index is 12.5. The molecule has 2 amide bonds. The molecule has 1 fully saturated rings. The van der Waals surface area contributed by atoms with Crippen molar-refractivity contribution in [2.45, 2.75) is 39.8 Å². The van der Waals surface area contributed by atoms with Crippen molar-refractivity contribution in [1.82, 2.24) is 25.3 Å². The Morgan fingerprint density at radius 1 is 1.14 bits per heavy atom. The highest BCUT2D eigenvalue weighted by Gasteiger charge is 2.31. The zero-order valence-electron chi connectivity index (χ0n) is 18.3. The minimum absolute atomic E-state index is 0.0847. The molecule has 1 aliphatic rings. The lowest BCUT2D eigenvalue weighted by Gasteiger charge is -2.41. The first-order valence-corrected chi connectivity index (χ1v) is 11.7. The van der Waals surface area contributed by atoms with Gasteiger partial charge in [-0.15, -0.1) is 11.3 Å². The van der Waals surface area contributed by atoms with Gasteiger partial charge in [0.25, 0.3) is 0 Å². The van der Waals surface area contributed by atoms with E-state index in [1.165, 1.54) is 4.88 Å². The molecule has 2 atom stereocenters. The standard InChI is InChI=1S/C21H37N5O2S/c1-5-24(6-2)11-10-22-20(27)21(28)23-17(4)19(18-9-8-16-29-18)26-14-12-25(7-3)13-15-26/h8-9,16-17,19H,5-7,10-15H2,1-4H3,(H,22,27)(H,23,28)/t17-,19-/m0/s1. The van der Waals surface area contributed by atoms with Crippen molar-refractivity contribution in [1.29, 1.82) is 0 Å². The maximum Gasteiger partial charge on any atom is 0.309 e. The molecule has 164 valence electrons. The van der Waals surface area contributed by atoms with Crippen LogP contribution in [-0.4, -0.2) is 91.5 Å². The third kappa shape index (κ3) is 7.06. The highest BCUT2D eigenvalue weighted by molar-refractivity contribution is 7.10. The number of nitrogens with zero attached hydrogens (tertiary/aromatic N) is 3. The molecule has 1 aromatic heterocycles. The summed E-state index contributed by atoms with van der Waals surface area (Å²) in [5, 5.41) is 7.76. The van der Waals surface area contributed by atoms with Gasteiger partial charge in [0.05, 0.1) is 6.04 Å². The van der Waals surface area contributed by atoms with E-state index in [2.05, 4.69) is 57.6 Å². The molecule has 2 rings (SSSR count). The van der Waals surface area contributed by atoms with Gasteiger partial charge in [0.1, 0.15) is 0 Å². The van der Waals surface area contributed by atoms with Crippen molar-refractivity contribution in [3.8, 4) is 0 Å². The predicted octanol–water partition coefficient (Wildman–Crippen LogP) is 1.39. The second kappa shape index (κ2) is 12.3. The van der Waals surface area contributed by atoms with Crippen LogP contribution < -0.4 is 10.6 Å². The molecule has 1 saturated heterocycles. The van der Waals surface area contributed by atoms with Crippen molar-refractivity contribution < 1.29 is 9.59 Å². The zero-order chi connectivity index (χ0) is 21.2. The minimum Gasteiger partial charge on any atom is -0.347 e. The molecular weight excluding hydrogens is 386 g/mol. The molecule has 0 radical (unpaired) electrons. The second-order valence-corrected chi connectivity index (χ2v) is 8.45. The molecule has 0 aromatic carbocycles. The largest absolute Gasteiger partial charge is 0.347 e. The molecule has 0 saturated carbocycles. The Balaban J connectivity index is 1.92. The number of carbonyl (C=O) groups is 2. The lowest BCUT2D eigenvalue weighted by molar-refractivity contribution is -0.139. The van der Waals surface area contributed by atoms with E-state index < -0.39 is 11.8 Å². The Morgan fingerprint density at radius 3 is 2.38 bits per heavy atom. The molecule has 7 nitrogen and oxygen atoms in total. The maximum absolute atomic E-state index is 12.5. The summed E-state index contributed by atoms with van der Waals surface area (Å²) in [4.78, 5) is 33.0. The van der Waals surface area contributed by atoms with Crippen LogP contribution in [0.4, 0.5) is 0 Å². The lowest BCUT2D eigenvalue weighted by atomic mass is 10.0. The molecular formula is C21H37N5O2S. The first-order valence-electron chi connectivity index (χ1n) is 10.8. The summed E-state index contributed by atoms with van der Waals surface area (Å²) in [6, 6.07) is 4.10. The summed E-state index contributed by atoms with van der Waals surface area (Å²) in [5.41, 5.74) is 0. The molecule has 2 heterocycles. The lowest BCUT2D eigenvalue weighted by Crippen LogP contribution is -2.53. The van der Waals surface area contributed by atoms with Gasteiger partial charge in [0, 0.05) is 50.2 Å². The van der Waals surface area contributed by atoms with Gasteiger partial charge in [-0.05, 0) is 38.0 Å². The molecule has 8 heteroatoms. The van der Waals surface area contributed by atoms with E-state index in [1.807, 2.05) is 13.0 Å². The summed E-state index contributed by atoms with van der Waals surface area (Å²) in [7, 11) is 0. The third-order valence-electron chi connectivity index (χ3n) is 5.73. The third-order valence-corrected chi connectivity index (χ3v) is 6.67. The van der Waals surface area contributed by atoms with Crippen LogP contribution in [0.15, 0.2) is 17.5 Å². The van der Waals surface area contributed by atoms with Crippen LogP contribution in [-0.2, 0) is 9.59 Å². The summed E-state index contributed by atoms with van der Waals surface area (Å²) in [6.45, 7) is 16.5. The van der Waals surface area contributed by atoms with E-state index in [-0.39, 0.29) is 12.1 Å². The summed E-state index contributed by atoms with van der Waals surface area (Å²) in [6.07, 6.45) is 0. The fourth-order valence-corrected chi connectivity index (χ4v) is 4.82. The van der Waals surface area contributed by atoms with E-state index >= 15 is 0 Å². The van der Waals surface area contributed by atoms with Crippen LogP contribution in [0, 0.1) is 0 Å². The van der Waals surface area contributed by atoms with Crippen LogP contribution in [0.2, 0.25) is 0 Å². The van der Waals surface area contributed by atoms with Crippen molar-refractivity contribution in [3.63, 3.8) is 0 Å². The van der Waals surface area contributed by atoms with E-state index in [1.54, 1.807) is 11.3 Å². The second-order valence-electron chi connectivity index (χ2n) is 7.48. The number of likely N-dealkylation sites (N-methyl/N-ethyl adjacent to an activating group) is 2. The number of amides is 2. The number of carbonyl (C=O) groups excluding carboxylic acids is 2. The summed E-state index contributed by atoms with van der Waals surface area (Å²) >= 11 is 1.70. The van der Waals surface area contributed by atoms with Gasteiger partial charge >= 0.3 is 11.8 Å². The van der Waals surface area contributed by atoms with Crippen LogP contribution in [0.25, 0.3) is 0 Å². The topological polar surface area (TPSA) is 67.9 Å². The Kier molecular flexibility index (Phi) is 10.1. The highest BCUT2D eigenvalue weighted by atomic mass is 32.1. The van der Waals surface area contributed by atoms with Gasteiger partial charge in [0.15, 0.2) is 0 Å². The fourth-order valence-electron chi connectivity index (χ4n) is 3.86. The number of piperazine rings is 1. The summed E-state index contributed by atoms with van der Waals surface area (Å²) in [5.74, 6) is -1.10. The number of hydrogen-bond donors (Lipinski definition) is 2. The van der Waals surface area contributed by atoms with Crippen molar-refractivity contribution in [2.75, 3.05) is 58.9 Å². The average molecular weight is 424 g/mol. The SMILES string of the molecule is CCN(CC)CCNC(=O)C(=O)N[C@@H](C)[C@@H](c1cccs1)N1CCN(CC)CC1.